The minimum Gasteiger partial charge on any atom is -0.450 e. The minimum atomic E-state index is -0.460. The maximum atomic E-state index is 6.07. The van der Waals surface area contributed by atoms with Crippen molar-refractivity contribution in [2.24, 2.45) is 5.92 Å². The van der Waals surface area contributed by atoms with E-state index in [4.69, 9.17) is 13.7 Å². The van der Waals surface area contributed by atoms with Crippen molar-refractivity contribution in [1.29, 1.82) is 0 Å². The van der Waals surface area contributed by atoms with Crippen LogP contribution in [0, 0.1) is 12.8 Å². The minimum absolute atomic E-state index is 0.335. The number of aromatic nitrogens is 1. The van der Waals surface area contributed by atoms with Gasteiger partial charge in [-0.15, -0.1) is 0 Å². The smallest absolute Gasteiger partial charge is 0.450 e. The molecule has 0 N–H and O–H groups in total. The average Bonchev–Trinajstić information content (AvgIpc) is 2.71. The van der Waals surface area contributed by atoms with Crippen LogP contribution in [0.1, 0.15) is 40.5 Å². The first-order chi connectivity index (χ1) is 7.76. The highest BCUT2D eigenvalue weighted by Gasteiger charge is 2.57. The molecule has 0 spiro atoms. The van der Waals surface area contributed by atoms with Gasteiger partial charge in [0.15, 0.2) is 11.6 Å². The lowest BCUT2D eigenvalue weighted by molar-refractivity contribution is -0.0435. The molecule has 5 heteroatoms. The molecule has 1 atom stereocenters. The number of hydrogen-bond acceptors (Lipinski definition) is 4. The summed E-state index contributed by atoms with van der Waals surface area (Å²) >= 11 is 0. The molecule has 94 valence electrons. The van der Waals surface area contributed by atoms with Crippen LogP contribution in [0.5, 0.6) is 0 Å². The third-order valence-electron chi connectivity index (χ3n) is 3.92. The summed E-state index contributed by atoms with van der Waals surface area (Å²) in [6.45, 7) is 12.3. The molecule has 1 saturated heterocycles. The zero-order valence-corrected chi connectivity index (χ0v) is 11.4. The van der Waals surface area contributed by atoms with Crippen LogP contribution in [0.2, 0.25) is 0 Å². The monoisotopic (exact) mass is 237 g/mol. The Bertz CT molecular complexity index is 416. The van der Waals surface area contributed by atoms with Gasteiger partial charge in [0.2, 0.25) is 0 Å². The first-order valence-electron chi connectivity index (χ1n) is 6.04. The summed E-state index contributed by atoms with van der Waals surface area (Å²) in [6.07, 6.45) is 1.67. The summed E-state index contributed by atoms with van der Waals surface area (Å²) in [7, 11) is -0.460. The van der Waals surface area contributed by atoms with Crippen molar-refractivity contribution in [1.82, 2.24) is 4.98 Å². The second kappa shape index (κ2) is 3.85. The molecule has 2 heterocycles. The standard InChI is InChI=1S/C12H20BNO3/c1-8(2)12(6)11(4,5)16-13(17-12)10-7-14-9(3)15-10/h7-8H,1-6H3. The van der Waals surface area contributed by atoms with Crippen molar-refractivity contribution in [3.05, 3.63) is 12.1 Å². The van der Waals surface area contributed by atoms with Crippen LogP contribution in [0.4, 0.5) is 0 Å². The second-order valence-corrected chi connectivity index (χ2v) is 5.62. The van der Waals surface area contributed by atoms with Crippen LogP contribution >= 0.6 is 0 Å². The highest BCUT2D eigenvalue weighted by molar-refractivity contribution is 6.60. The molecular formula is C12H20BNO3. The highest BCUT2D eigenvalue weighted by Crippen LogP contribution is 2.42. The van der Waals surface area contributed by atoms with E-state index in [1.807, 2.05) is 6.92 Å². The highest BCUT2D eigenvalue weighted by atomic mass is 16.7. The fraction of sp³-hybridized carbons (Fsp3) is 0.750. The van der Waals surface area contributed by atoms with E-state index in [-0.39, 0.29) is 11.2 Å². The second-order valence-electron chi connectivity index (χ2n) is 5.62. The summed E-state index contributed by atoms with van der Waals surface area (Å²) in [5.41, 5.74) is -0.0508. The van der Waals surface area contributed by atoms with Crippen LogP contribution in [0.15, 0.2) is 10.6 Å². The molecule has 1 fully saturated rings. The third kappa shape index (κ3) is 1.91. The predicted molar refractivity (Wildman–Crippen MR) is 66.1 cm³/mol. The van der Waals surface area contributed by atoms with Gasteiger partial charge < -0.3 is 13.7 Å². The summed E-state index contributed by atoms with van der Waals surface area (Å²) in [6, 6.07) is 0. The fourth-order valence-electron chi connectivity index (χ4n) is 2.21. The van der Waals surface area contributed by atoms with Crippen molar-refractivity contribution < 1.29 is 13.7 Å². The Balaban J connectivity index is 2.27. The lowest BCUT2D eigenvalue weighted by Gasteiger charge is -2.39. The molecular weight excluding hydrogens is 217 g/mol. The zero-order chi connectivity index (χ0) is 12.8. The Kier molecular flexibility index (Phi) is 2.87. The van der Waals surface area contributed by atoms with E-state index in [2.05, 4.69) is 39.6 Å². The van der Waals surface area contributed by atoms with Gasteiger partial charge in [-0.3, -0.25) is 0 Å². The van der Waals surface area contributed by atoms with Crippen molar-refractivity contribution in [2.75, 3.05) is 0 Å². The van der Waals surface area contributed by atoms with E-state index in [0.717, 1.165) is 0 Å². The van der Waals surface area contributed by atoms with Crippen molar-refractivity contribution >= 4 is 12.8 Å². The third-order valence-corrected chi connectivity index (χ3v) is 3.92. The van der Waals surface area contributed by atoms with E-state index < -0.39 is 7.12 Å². The number of hydrogen-bond donors (Lipinski definition) is 0. The summed E-state index contributed by atoms with van der Waals surface area (Å²) in [5, 5.41) is 0. The molecule has 1 unspecified atom stereocenters. The molecule has 1 aromatic heterocycles. The molecule has 0 saturated carbocycles. The Morgan fingerprint density at radius 3 is 2.29 bits per heavy atom. The van der Waals surface area contributed by atoms with Crippen molar-refractivity contribution in [2.45, 2.75) is 52.7 Å². The molecule has 0 aliphatic carbocycles. The van der Waals surface area contributed by atoms with Crippen LogP contribution in [0.25, 0.3) is 0 Å². The summed E-state index contributed by atoms with van der Waals surface area (Å²) < 4.78 is 17.5. The summed E-state index contributed by atoms with van der Waals surface area (Å²) in [5.74, 6) is 0.981. The average molecular weight is 237 g/mol. The molecule has 4 nitrogen and oxygen atoms in total. The molecule has 2 rings (SSSR count). The quantitative estimate of drug-likeness (QED) is 0.737. The van der Waals surface area contributed by atoms with E-state index in [0.29, 0.717) is 17.5 Å². The Labute approximate surface area is 103 Å². The maximum Gasteiger partial charge on any atom is 0.534 e. The van der Waals surface area contributed by atoms with Crippen LogP contribution < -0.4 is 5.66 Å². The molecule has 1 aliphatic rings. The van der Waals surface area contributed by atoms with Gasteiger partial charge in [0.25, 0.3) is 0 Å². The number of nitrogens with zero attached hydrogens (tertiary/aromatic N) is 1. The Morgan fingerprint density at radius 1 is 1.24 bits per heavy atom. The SMILES string of the molecule is Cc1ncc(B2OC(C)(C)C(C)(C(C)C)O2)o1. The molecule has 0 aromatic carbocycles. The van der Waals surface area contributed by atoms with Crippen molar-refractivity contribution in [3.63, 3.8) is 0 Å². The van der Waals surface area contributed by atoms with E-state index in [9.17, 15) is 0 Å². The zero-order valence-electron chi connectivity index (χ0n) is 11.4. The number of oxazole rings is 1. The maximum absolute atomic E-state index is 6.07. The molecule has 1 aromatic rings. The molecule has 1 aliphatic heterocycles. The van der Waals surface area contributed by atoms with Gasteiger partial charge in [-0.2, -0.15) is 0 Å². The number of rotatable bonds is 2. The van der Waals surface area contributed by atoms with Crippen LogP contribution in [-0.4, -0.2) is 23.3 Å². The topological polar surface area (TPSA) is 44.5 Å². The molecule has 0 amide bonds. The van der Waals surface area contributed by atoms with E-state index >= 15 is 0 Å². The Morgan fingerprint density at radius 2 is 1.88 bits per heavy atom. The van der Waals surface area contributed by atoms with Crippen LogP contribution in [-0.2, 0) is 9.31 Å². The Hall–Kier alpha value is -0.805. The first kappa shape index (κ1) is 12.6. The lowest BCUT2D eigenvalue weighted by Crippen LogP contribution is -2.48. The van der Waals surface area contributed by atoms with Gasteiger partial charge in [0.05, 0.1) is 17.4 Å². The molecule has 0 radical (unpaired) electrons. The largest absolute Gasteiger partial charge is 0.534 e. The first-order valence-corrected chi connectivity index (χ1v) is 6.04. The van der Waals surface area contributed by atoms with Gasteiger partial charge in [-0.25, -0.2) is 4.98 Å². The molecule has 0 bridgehead atoms. The van der Waals surface area contributed by atoms with Gasteiger partial charge >= 0.3 is 7.12 Å². The van der Waals surface area contributed by atoms with Gasteiger partial charge in [-0.05, 0) is 26.7 Å². The van der Waals surface area contributed by atoms with E-state index in [1.165, 1.54) is 0 Å². The lowest BCUT2D eigenvalue weighted by atomic mass is 9.79. The predicted octanol–water partition coefficient (Wildman–Crippen LogP) is 1.92. The van der Waals surface area contributed by atoms with Gasteiger partial charge in [0, 0.05) is 6.92 Å². The number of aryl methyl sites for hydroxylation is 1. The van der Waals surface area contributed by atoms with Gasteiger partial charge in [0.1, 0.15) is 0 Å². The normalized spacial score (nSPS) is 28.1. The fourth-order valence-corrected chi connectivity index (χ4v) is 2.21. The van der Waals surface area contributed by atoms with Gasteiger partial charge in [-0.1, -0.05) is 13.8 Å². The van der Waals surface area contributed by atoms with Crippen molar-refractivity contribution in [3.8, 4) is 0 Å². The summed E-state index contributed by atoms with van der Waals surface area (Å²) in [4.78, 5) is 4.07. The van der Waals surface area contributed by atoms with Crippen LogP contribution in [0.3, 0.4) is 0 Å². The molecule has 17 heavy (non-hydrogen) atoms. The van der Waals surface area contributed by atoms with E-state index in [1.54, 1.807) is 6.20 Å².